The molecular weight excluding hydrogens is 356 g/mol. The standard InChI is InChI=1S/C21H30N4O3/c1-15-5-4-7-25-17(14-22-16-6-10-28-21(2,3)13-16)18(23-19(15)25)20(26)24-8-11-27-12-9-24/h4-5,7,16,22H,6,8-14H2,1-3H3. The number of imidazole rings is 1. The number of rotatable bonds is 4. The minimum atomic E-state index is -0.113. The Morgan fingerprint density at radius 3 is 2.86 bits per heavy atom. The molecule has 7 heteroatoms. The van der Waals surface area contributed by atoms with Gasteiger partial charge in [-0.3, -0.25) is 4.79 Å². The van der Waals surface area contributed by atoms with Crippen LogP contribution in [-0.2, 0) is 16.0 Å². The van der Waals surface area contributed by atoms with E-state index in [2.05, 4.69) is 23.6 Å². The summed E-state index contributed by atoms with van der Waals surface area (Å²) in [6.45, 7) is 10.1. The lowest BCUT2D eigenvalue weighted by atomic mass is 9.94. The van der Waals surface area contributed by atoms with Crippen molar-refractivity contribution >= 4 is 11.6 Å². The first-order valence-corrected chi connectivity index (χ1v) is 10.2. The largest absolute Gasteiger partial charge is 0.378 e. The Morgan fingerprint density at radius 2 is 2.11 bits per heavy atom. The van der Waals surface area contributed by atoms with Gasteiger partial charge in [0.1, 0.15) is 5.65 Å². The highest BCUT2D eigenvalue weighted by Gasteiger charge is 2.30. The number of morpholine rings is 1. The van der Waals surface area contributed by atoms with Crippen molar-refractivity contribution in [1.82, 2.24) is 19.6 Å². The molecule has 4 rings (SSSR count). The normalized spacial score (nSPS) is 22.5. The number of ether oxygens (including phenoxy) is 2. The van der Waals surface area contributed by atoms with Crippen LogP contribution in [0.3, 0.4) is 0 Å². The topological polar surface area (TPSA) is 68.1 Å². The Bertz CT molecular complexity index is 855. The summed E-state index contributed by atoms with van der Waals surface area (Å²) in [5, 5.41) is 3.65. The van der Waals surface area contributed by atoms with Gasteiger partial charge in [-0.05, 0) is 45.2 Å². The number of carbonyl (C=O) groups excluding carboxylic acids is 1. The van der Waals surface area contributed by atoms with E-state index in [1.807, 2.05) is 30.2 Å². The molecule has 1 atom stereocenters. The van der Waals surface area contributed by atoms with E-state index in [0.29, 0.717) is 44.6 Å². The van der Waals surface area contributed by atoms with E-state index in [-0.39, 0.29) is 11.5 Å². The van der Waals surface area contributed by atoms with Gasteiger partial charge in [-0.15, -0.1) is 0 Å². The van der Waals surface area contributed by atoms with Gasteiger partial charge in [0.2, 0.25) is 0 Å². The van der Waals surface area contributed by atoms with Crippen LogP contribution in [0.2, 0.25) is 0 Å². The van der Waals surface area contributed by atoms with Crippen molar-refractivity contribution in [3.05, 3.63) is 35.3 Å². The fourth-order valence-electron chi connectivity index (χ4n) is 4.16. The number of aryl methyl sites for hydroxylation is 1. The van der Waals surface area contributed by atoms with Crippen LogP contribution >= 0.6 is 0 Å². The van der Waals surface area contributed by atoms with E-state index >= 15 is 0 Å². The molecule has 28 heavy (non-hydrogen) atoms. The lowest BCUT2D eigenvalue weighted by Crippen LogP contribution is -2.44. The molecule has 152 valence electrons. The number of aromatic nitrogens is 2. The summed E-state index contributed by atoms with van der Waals surface area (Å²) in [6, 6.07) is 4.41. The average Bonchev–Trinajstić information content (AvgIpc) is 3.06. The molecule has 0 saturated carbocycles. The molecule has 1 amide bonds. The van der Waals surface area contributed by atoms with Crippen LogP contribution in [0.1, 0.15) is 48.4 Å². The number of amides is 1. The van der Waals surface area contributed by atoms with E-state index in [0.717, 1.165) is 36.4 Å². The van der Waals surface area contributed by atoms with E-state index in [4.69, 9.17) is 14.5 Å². The molecule has 2 fully saturated rings. The second kappa shape index (κ2) is 7.81. The highest BCUT2D eigenvalue weighted by Crippen LogP contribution is 2.25. The highest BCUT2D eigenvalue weighted by atomic mass is 16.5. The third-order valence-corrected chi connectivity index (χ3v) is 5.70. The van der Waals surface area contributed by atoms with E-state index in [9.17, 15) is 4.79 Å². The maximum Gasteiger partial charge on any atom is 0.274 e. The monoisotopic (exact) mass is 386 g/mol. The second-order valence-corrected chi connectivity index (χ2v) is 8.38. The predicted molar refractivity (Wildman–Crippen MR) is 107 cm³/mol. The third-order valence-electron chi connectivity index (χ3n) is 5.70. The highest BCUT2D eigenvalue weighted by molar-refractivity contribution is 5.94. The van der Waals surface area contributed by atoms with Gasteiger partial charge in [-0.25, -0.2) is 4.98 Å². The van der Waals surface area contributed by atoms with E-state index in [1.165, 1.54) is 0 Å². The summed E-state index contributed by atoms with van der Waals surface area (Å²) in [4.78, 5) is 19.8. The molecule has 0 aromatic carbocycles. The molecule has 2 saturated heterocycles. The number of nitrogens with one attached hydrogen (secondary N) is 1. The van der Waals surface area contributed by atoms with Gasteiger partial charge in [-0.2, -0.15) is 0 Å². The SMILES string of the molecule is Cc1cccn2c(CNC3CCOC(C)(C)C3)c(C(=O)N3CCOCC3)nc12. The molecule has 1 unspecified atom stereocenters. The molecule has 0 bridgehead atoms. The number of fused-ring (bicyclic) bond motifs is 1. The first-order chi connectivity index (χ1) is 13.4. The van der Waals surface area contributed by atoms with Gasteiger partial charge in [0, 0.05) is 38.5 Å². The first kappa shape index (κ1) is 19.4. The maximum absolute atomic E-state index is 13.2. The Balaban J connectivity index is 1.61. The third kappa shape index (κ3) is 3.92. The minimum absolute atomic E-state index is 0.00416. The average molecular weight is 386 g/mol. The van der Waals surface area contributed by atoms with Crippen LogP contribution in [0, 0.1) is 6.92 Å². The summed E-state index contributed by atoms with van der Waals surface area (Å²) in [7, 11) is 0. The molecule has 2 aliphatic rings. The Labute approximate surface area is 166 Å². The number of nitrogens with zero attached hydrogens (tertiary/aromatic N) is 3. The van der Waals surface area contributed by atoms with Crippen molar-refractivity contribution in [2.75, 3.05) is 32.9 Å². The molecule has 7 nitrogen and oxygen atoms in total. The van der Waals surface area contributed by atoms with Gasteiger partial charge in [-0.1, -0.05) is 6.07 Å². The van der Waals surface area contributed by atoms with Crippen molar-refractivity contribution in [3.8, 4) is 0 Å². The first-order valence-electron chi connectivity index (χ1n) is 10.2. The second-order valence-electron chi connectivity index (χ2n) is 8.38. The molecule has 4 heterocycles. The minimum Gasteiger partial charge on any atom is -0.378 e. The number of carbonyl (C=O) groups is 1. The Kier molecular flexibility index (Phi) is 5.40. The summed E-state index contributed by atoms with van der Waals surface area (Å²) in [6.07, 6.45) is 3.93. The quantitative estimate of drug-likeness (QED) is 0.872. The van der Waals surface area contributed by atoms with E-state index < -0.39 is 0 Å². The molecule has 2 aromatic rings. The van der Waals surface area contributed by atoms with Gasteiger partial charge < -0.3 is 24.1 Å². The van der Waals surface area contributed by atoms with Crippen LogP contribution in [0.5, 0.6) is 0 Å². The fraction of sp³-hybridized carbons (Fsp3) is 0.619. The number of pyridine rings is 1. The zero-order valence-electron chi connectivity index (χ0n) is 17.0. The van der Waals surface area contributed by atoms with Gasteiger partial charge >= 0.3 is 0 Å². The Morgan fingerprint density at radius 1 is 1.32 bits per heavy atom. The molecule has 0 aliphatic carbocycles. The van der Waals surface area contributed by atoms with Crippen LogP contribution in [0.4, 0.5) is 0 Å². The van der Waals surface area contributed by atoms with Crippen molar-refractivity contribution in [2.24, 2.45) is 0 Å². The summed E-state index contributed by atoms with van der Waals surface area (Å²) >= 11 is 0. The number of hydrogen-bond donors (Lipinski definition) is 1. The molecule has 0 spiro atoms. The van der Waals surface area contributed by atoms with Crippen LogP contribution in [0.15, 0.2) is 18.3 Å². The smallest absolute Gasteiger partial charge is 0.274 e. The summed E-state index contributed by atoms with van der Waals surface area (Å²) in [5.41, 5.74) is 3.29. The zero-order valence-corrected chi connectivity index (χ0v) is 17.0. The van der Waals surface area contributed by atoms with Gasteiger partial charge in [0.25, 0.3) is 5.91 Å². The van der Waals surface area contributed by atoms with Crippen molar-refractivity contribution in [3.63, 3.8) is 0 Å². The lowest BCUT2D eigenvalue weighted by Gasteiger charge is -2.36. The van der Waals surface area contributed by atoms with Gasteiger partial charge in [0.05, 0.1) is 24.5 Å². The van der Waals surface area contributed by atoms with E-state index in [1.54, 1.807) is 0 Å². The maximum atomic E-state index is 13.2. The number of hydrogen-bond acceptors (Lipinski definition) is 5. The molecule has 0 radical (unpaired) electrons. The Hall–Kier alpha value is -1.96. The molecule has 1 N–H and O–H groups in total. The van der Waals surface area contributed by atoms with Crippen molar-refractivity contribution < 1.29 is 14.3 Å². The summed E-state index contributed by atoms with van der Waals surface area (Å²) in [5.74, 6) is -0.00416. The van der Waals surface area contributed by atoms with Gasteiger partial charge in [0.15, 0.2) is 5.69 Å². The van der Waals surface area contributed by atoms with Crippen LogP contribution in [-0.4, -0.2) is 64.7 Å². The molecular formula is C21H30N4O3. The lowest BCUT2D eigenvalue weighted by molar-refractivity contribution is -0.0631. The predicted octanol–water partition coefficient (Wildman–Crippen LogP) is 2.16. The molecule has 2 aliphatic heterocycles. The van der Waals surface area contributed by atoms with Crippen molar-refractivity contribution in [1.29, 1.82) is 0 Å². The fourth-order valence-corrected chi connectivity index (χ4v) is 4.16. The zero-order chi connectivity index (χ0) is 19.7. The van der Waals surface area contributed by atoms with Crippen molar-refractivity contribution in [2.45, 2.75) is 51.8 Å². The van der Waals surface area contributed by atoms with Crippen LogP contribution < -0.4 is 5.32 Å². The van der Waals surface area contributed by atoms with Crippen LogP contribution in [0.25, 0.3) is 5.65 Å². The summed E-state index contributed by atoms with van der Waals surface area (Å²) < 4.78 is 13.3. The molecule has 2 aromatic heterocycles.